The lowest BCUT2D eigenvalue weighted by molar-refractivity contribution is -0.137. The molecule has 3 rings (SSSR count). The second-order valence-electron chi connectivity index (χ2n) is 12.8. The lowest BCUT2D eigenvalue weighted by Gasteiger charge is -2.27. The van der Waals surface area contributed by atoms with E-state index in [4.69, 9.17) is 29.0 Å². The van der Waals surface area contributed by atoms with Gasteiger partial charge in [0, 0.05) is 0 Å². The number of rotatable bonds is 15. The molecule has 0 spiro atoms. The number of hydrogen-bond acceptors (Lipinski definition) is 7. The number of carbonyl (C=O) groups excluding carboxylic acids is 1. The van der Waals surface area contributed by atoms with Gasteiger partial charge in [-0.2, -0.15) is 13.2 Å². The maximum absolute atomic E-state index is 14.8. The minimum atomic E-state index is -5.13. The Morgan fingerprint density at radius 2 is 1.41 bits per heavy atom. The van der Waals surface area contributed by atoms with Gasteiger partial charge in [-0.05, 0) is 103 Å². The fourth-order valence-corrected chi connectivity index (χ4v) is 6.27. The van der Waals surface area contributed by atoms with Crippen LogP contribution in [0.4, 0.5) is 22.4 Å². The summed E-state index contributed by atoms with van der Waals surface area (Å²) in [6.45, 7) is 8.39. The van der Waals surface area contributed by atoms with Gasteiger partial charge in [-0.25, -0.2) is 18.3 Å². The second kappa shape index (κ2) is 17.1. The van der Waals surface area contributed by atoms with E-state index in [0.29, 0.717) is 17.5 Å². The molecule has 0 aliphatic heterocycles. The average Bonchev–Trinajstić information content (AvgIpc) is 2.98. The highest BCUT2D eigenvalue weighted by Gasteiger charge is 2.34. The van der Waals surface area contributed by atoms with E-state index in [1.807, 2.05) is 45.0 Å². The molecule has 0 bridgehead atoms. The second-order valence-corrected chi connectivity index (χ2v) is 15.2. The number of benzene rings is 3. The van der Waals surface area contributed by atoms with Crippen molar-refractivity contribution in [2.45, 2.75) is 78.7 Å². The van der Waals surface area contributed by atoms with E-state index in [0.717, 1.165) is 34.4 Å². The van der Waals surface area contributed by atoms with Crippen LogP contribution in [0, 0.1) is 32.5 Å². The first-order chi connectivity index (χ1) is 23.4. The first-order valence-electron chi connectivity index (χ1n) is 15.8. The SMILES string of the molecule is Cc1cc([C@@H](OC(=O)OC(COP(=O)(O)O)COP(=O)(O)O)[C@H](C)CCc2cc(C)ccc2-c2cc(C(C)C)c(F)cc2C)cc(C(F)(F)F)c1. The van der Waals surface area contributed by atoms with Gasteiger partial charge < -0.3 is 29.0 Å². The Hall–Kier alpha value is -3.13. The van der Waals surface area contributed by atoms with Crippen molar-refractivity contribution < 1.29 is 69.6 Å². The van der Waals surface area contributed by atoms with E-state index in [9.17, 15) is 31.5 Å². The van der Waals surface area contributed by atoms with Crippen molar-refractivity contribution in [3.63, 3.8) is 0 Å². The molecule has 0 saturated carbocycles. The van der Waals surface area contributed by atoms with E-state index >= 15 is 0 Å². The summed E-state index contributed by atoms with van der Waals surface area (Å²) in [6.07, 6.45) is -8.83. The molecule has 0 aliphatic rings. The molecule has 17 heteroatoms. The fraction of sp³-hybridized carbons (Fsp3) is 0.441. The molecule has 51 heavy (non-hydrogen) atoms. The van der Waals surface area contributed by atoms with Crippen molar-refractivity contribution in [1.82, 2.24) is 0 Å². The fourth-order valence-electron chi connectivity index (χ4n) is 5.55. The van der Waals surface area contributed by atoms with Gasteiger partial charge in [-0.1, -0.05) is 56.2 Å². The number of hydrogen-bond donors (Lipinski definition) is 4. The molecule has 0 radical (unpaired) electrons. The third-order valence-corrected chi connectivity index (χ3v) is 8.97. The van der Waals surface area contributed by atoms with E-state index in [2.05, 4.69) is 9.05 Å². The quantitative estimate of drug-likeness (QED) is 0.0664. The van der Waals surface area contributed by atoms with Crippen molar-refractivity contribution in [2.24, 2.45) is 5.92 Å². The maximum Gasteiger partial charge on any atom is 0.509 e. The van der Waals surface area contributed by atoms with Crippen LogP contribution < -0.4 is 0 Å². The van der Waals surface area contributed by atoms with Gasteiger partial charge in [0.05, 0.1) is 18.8 Å². The van der Waals surface area contributed by atoms with Gasteiger partial charge in [-0.15, -0.1) is 0 Å². The van der Waals surface area contributed by atoms with Crippen molar-refractivity contribution >= 4 is 21.8 Å². The molecule has 0 fully saturated rings. The molecular weight excluding hydrogens is 722 g/mol. The molecule has 0 heterocycles. The lowest BCUT2D eigenvalue weighted by atomic mass is 9.86. The molecule has 4 N–H and O–H groups in total. The predicted molar refractivity (Wildman–Crippen MR) is 179 cm³/mol. The molecule has 0 aromatic heterocycles. The van der Waals surface area contributed by atoms with Gasteiger partial charge >= 0.3 is 28.0 Å². The highest BCUT2D eigenvalue weighted by Crippen LogP contribution is 2.40. The number of ether oxygens (including phenoxy) is 2. The zero-order valence-electron chi connectivity index (χ0n) is 28.8. The summed E-state index contributed by atoms with van der Waals surface area (Å²) in [6, 6.07) is 12.2. The summed E-state index contributed by atoms with van der Waals surface area (Å²) in [5.41, 5.74) is 3.87. The Morgan fingerprint density at radius 1 is 0.804 bits per heavy atom. The van der Waals surface area contributed by atoms with Gasteiger partial charge in [0.15, 0.2) is 6.10 Å². The van der Waals surface area contributed by atoms with Crippen LogP contribution >= 0.6 is 15.6 Å². The molecule has 3 aromatic carbocycles. The highest BCUT2D eigenvalue weighted by molar-refractivity contribution is 7.46. The van der Waals surface area contributed by atoms with Gasteiger partial charge in [0.25, 0.3) is 0 Å². The van der Waals surface area contributed by atoms with Crippen LogP contribution in [0.3, 0.4) is 0 Å². The molecule has 3 aromatic rings. The number of aryl methyl sites for hydroxylation is 4. The molecule has 0 amide bonds. The van der Waals surface area contributed by atoms with Crippen LogP contribution in [-0.4, -0.2) is 45.0 Å². The summed E-state index contributed by atoms with van der Waals surface area (Å²) in [7, 11) is -10.3. The number of phosphoric ester groups is 2. The van der Waals surface area contributed by atoms with Crippen molar-refractivity contribution in [3.05, 3.63) is 93.3 Å². The summed E-state index contributed by atoms with van der Waals surface area (Å²) in [5.74, 6) is -1.08. The van der Waals surface area contributed by atoms with Crippen molar-refractivity contribution in [3.8, 4) is 11.1 Å². The summed E-state index contributed by atoms with van der Waals surface area (Å²) in [5, 5.41) is 0. The summed E-state index contributed by atoms with van der Waals surface area (Å²) in [4.78, 5) is 49.3. The Balaban J connectivity index is 1.98. The van der Waals surface area contributed by atoms with Crippen molar-refractivity contribution in [2.75, 3.05) is 13.2 Å². The Bertz CT molecular complexity index is 1760. The predicted octanol–water partition coefficient (Wildman–Crippen LogP) is 8.61. The smallest absolute Gasteiger partial charge is 0.426 e. The van der Waals surface area contributed by atoms with Crippen LogP contribution in [0.1, 0.15) is 78.2 Å². The highest BCUT2D eigenvalue weighted by atomic mass is 31.2. The third kappa shape index (κ3) is 13.1. The van der Waals surface area contributed by atoms with Crippen LogP contribution in [-0.2, 0) is 40.2 Å². The van der Waals surface area contributed by atoms with Gasteiger partial charge in [0.1, 0.15) is 11.9 Å². The summed E-state index contributed by atoms with van der Waals surface area (Å²) < 4.78 is 97.9. The Kier molecular flexibility index (Phi) is 14.2. The minimum Gasteiger partial charge on any atom is -0.426 e. The van der Waals surface area contributed by atoms with E-state index < -0.39 is 64.9 Å². The Labute approximate surface area is 293 Å². The normalized spacial score (nSPS) is 13.8. The van der Waals surface area contributed by atoms with E-state index in [-0.39, 0.29) is 29.3 Å². The zero-order chi connectivity index (χ0) is 38.5. The minimum absolute atomic E-state index is 0.0262. The maximum atomic E-state index is 14.8. The first kappa shape index (κ1) is 42.3. The van der Waals surface area contributed by atoms with Crippen LogP contribution in [0.25, 0.3) is 11.1 Å². The van der Waals surface area contributed by atoms with E-state index in [1.54, 1.807) is 13.8 Å². The molecule has 0 unspecified atom stereocenters. The lowest BCUT2D eigenvalue weighted by Crippen LogP contribution is -2.30. The molecule has 282 valence electrons. The average molecular weight is 765 g/mol. The summed E-state index contributed by atoms with van der Waals surface area (Å²) >= 11 is 0. The largest absolute Gasteiger partial charge is 0.509 e. The molecule has 0 aliphatic carbocycles. The molecule has 0 saturated heterocycles. The number of phosphoric acid groups is 2. The van der Waals surface area contributed by atoms with Crippen LogP contribution in [0.5, 0.6) is 0 Å². The number of carbonyl (C=O) groups is 1. The molecular formula is C34H42F4O11P2. The monoisotopic (exact) mass is 764 g/mol. The number of halogens is 4. The van der Waals surface area contributed by atoms with Gasteiger partial charge in [0.2, 0.25) is 0 Å². The number of alkyl halides is 3. The zero-order valence-corrected chi connectivity index (χ0v) is 30.6. The van der Waals surface area contributed by atoms with Crippen LogP contribution in [0.2, 0.25) is 0 Å². The third-order valence-electron chi connectivity index (χ3n) is 8.00. The van der Waals surface area contributed by atoms with Gasteiger partial charge in [-0.3, -0.25) is 9.05 Å². The topological polar surface area (TPSA) is 169 Å². The Morgan fingerprint density at radius 3 is 1.96 bits per heavy atom. The van der Waals surface area contributed by atoms with Crippen molar-refractivity contribution in [1.29, 1.82) is 0 Å². The molecule has 2 atom stereocenters. The van der Waals surface area contributed by atoms with E-state index in [1.165, 1.54) is 19.1 Å². The standard InChI is InChI=1S/C34H42F4O11P2/c1-19(2)29-16-30(23(6)14-31(29)35)28-10-7-20(3)11-24(28)9-8-22(5)32(25-12-21(4)13-26(15-25)34(36,37)38)49-33(39)48-27(17-46-50(40,41)42)18-47-51(43,44)45/h7,10-16,19,22,27,32H,8-9,17-18H2,1-6H3,(H2,40,41,42)(H2,43,44,45)/t22-,32+/m1/s1. The molecule has 11 nitrogen and oxygen atoms in total. The first-order valence-corrected chi connectivity index (χ1v) is 18.9. The van der Waals surface area contributed by atoms with Crippen LogP contribution in [0.15, 0.2) is 48.5 Å².